The summed E-state index contributed by atoms with van der Waals surface area (Å²) in [6.07, 6.45) is 3.56. The first-order chi connectivity index (χ1) is 12.9. The molecule has 5 heteroatoms. The van der Waals surface area contributed by atoms with Gasteiger partial charge in [0.25, 0.3) is 5.91 Å². The standard InChI is InChI=1S/C22H16FNO3/c1-22(2)16(12-3-6-18-13(9-12)7-8-26-18)11-19(27-22)20-15-5-4-14(23)10-17(15)24-21(20)25/h3-11H,1-2H3,(H,24,25). The van der Waals surface area contributed by atoms with Crippen LogP contribution in [0.25, 0.3) is 22.1 Å². The predicted molar refractivity (Wildman–Crippen MR) is 101 cm³/mol. The molecule has 3 heterocycles. The van der Waals surface area contributed by atoms with E-state index in [1.54, 1.807) is 12.3 Å². The van der Waals surface area contributed by atoms with Crippen LogP contribution in [0.1, 0.15) is 25.0 Å². The van der Waals surface area contributed by atoms with E-state index >= 15 is 0 Å². The van der Waals surface area contributed by atoms with Crippen LogP contribution in [0.15, 0.2) is 65.0 Å². The third-order valence-corrected chi connectivity index (χ3v) is 5.03. The van der Waals surface area contributed by atoms with Crippen molar-refractivity contribution in [2.45, 2.75) is 19.4 Å². The number of benzene rings is 2. The van der Waals surface area contributed by atoms with Gasteiger partial charge in [0.15, 0.2) is 0 Å². The normalized spacial score (nSPS) is 20.4. The monoisotopic (exact) mass is 361 g/mol. The van der Waals surface area contributed by atoms with Crippen molar-refractivity contribution in [1.29, 1.82) is 0 Å². The number of hydrogen-bond acceptors (Lipinski definition) is 3. The van der Waals surface area contributed by atoms with E-state index < -0.39 is 11.4 Å². The number of allylic oxidation sites excluding steroid dienone is 1. The molecule has 3 aromatic rings. The zero-order valence-corrected chi connectivity index (χ0v) is 14.8. The lowest BCUT2D eigenvalue weighted by Crippen LogP contribution is -2.21. The summed E-state index contributed by atoms with van der Waals surface area (Å²) in [4.78, 5) is 12.5. The second kappa shape index (κ2) is 5.33. The van der Waals surface area contributed by atoms with Crippen LogP contribution >= 0.6 is 0 Å². The second-order valence-corrected chi connectivity index (χ2v) is 7.23. The molecule has 1 N–H and O–H groups in total. The van der Waals surface area contributed by atoms with Gasteiger partial charge in [-0.25, -0.2) is 4.39 Å². The molecule has 0 bridgehead atoms. The molecule has 1 aromatic heterocycles. The summed E-state index contributed by atoms with van der Waals surface area (Å²) >= 11 is 0. The fourth-order valence-corrected chi connectivity index (χ4v) is 3.74. The lowest BCUT2D eigenvalue weighted by atomic mass is 9.91. The summed E-state index contributed by atoms with van der Waals surface area (Å²) in [7, 11) is 0. The fraction of sp³-hybridized carbons (Fsp3) is 0.136. The second-order valence-electron chi connectivity index (χ2n) is 7.23. The Hall–Kier alpha value is -3.34. The highest BCUT2D eigenvalue weighted by molar-refractivity contribution is 6.32. The number of carbonyl (C=O) groups excluding carboxylic acids is 1. The Labute approximate surface area is 154 Å². The third-order valence-electron chi connectivity index (χ3n) is 5.03. The van der Waals surface area contributed by atoms with Crippen molar-refractivity contribution in [3.8, 4) is 0 Å². The number of halogens is 1. The van der Waals surface area contributed by atoms with Crippen molar-refractivity contribution in [3.05, 3.63) is 77.5 Å². The van der Waals surface area contributed by atoms with Crippen LogP contribution in [0, 0.1) is 5.82 Å². The molecule has 2 aromatic carbocycles. The predicted octanol–water partition coefficient (Wildman–Crippen LogP) is 5.13. The Bertz CT molecular complexity index is 1180. The number of ether oxygens (including phenoxy) is 1. The molecule has 0 saturated heterocycles. The summed E-state index contributed by atoms with van der Waals surface area (Å²) in [5.41, 5.74) is 3.72. The van der Waals surface area contributed by atoms with E-state index in [0.717, 1.165) is 22.1 Å². The Morgan fingerprint density at radius 2 is 1.93 bits per heavy atom. The smallest absolute Gasteiger partial charge is 0.260 e. The lowest BCUT2D eigenvalue weighted by Gasteiger charge is -2.23. The van der Waals surface area contributed by atoms with E-state index in [9.17, 15) is 9.18 Å². The van der Waals surface area contributed by atoms with Gasteiger partial charge in [0.1, 0.15) is 22.8 Å². The summed E-state index contributed by atoms with van der Waals surface area (Å²) in [5, 5.41) is 3.71. The van der Waals surface area contributed by atoms with Crippen LogP contribution in [0.3, 0.4) is 0 Å². The molecule has 134 valence electrons. The minimum Gasteiger partial charge on any atom is -0.482 e. The van der Waals surface area contributed by atoms with Gasteiger partial charge in [-0.15, -0.1) is 0 Å². The number of carbonyl (C=O) groups is 1. The van der Waals surface area contributed by atoms with Gasteiger partial charge in [0.05, 0.1) is 17.5 Å². The van der Waals surface area contributed by atoms with Gasteiger partial charge in [-0.2, -0.15) is 0 Å². The van der Waals surface area contributed by atoms with E-state index in [0.29, 0.717) is 22.6 Å². The summed E-state index contributed by atoms with van der Waals surface area (Å²) in [6, 6.07) is 12.1. The van der Waals surface area contributed by atoms with Crippen LogP contribution in [-0.4, -0.2) is 11.5 Å². The molecule has 0 aliphatic carbocycles. The molecular formula is C22H16FNO3. The first-order valence-corrected chi connectivity index (χ1v) is 8.67. The van der Waals surface area contributed by atoms with Gasteiger partial charge in [-0.3, -0.25) is 4.79 Å². The van der Waals surface area contributed by atoms with Crippen LogP contribution < -0.4 is 5.32 Å². The maximum Gasteiger partial charge on any atom is 0.260 e. The quantitative estimate of drug-likeness (QED) is 0.612. The molecule has 4 nitrogen and oxygen atoms in total. The summed E-state index contributed by atoms with van der Waals surface area (Å²) in [5.74, 6) is -0.188. The van der Waals surface area contributed by atoms with Crippen molar-refractivity contribution in [2.24, 2.45) is 0 Å². The highest BCUT2D eigenvalue weighted by Gasteiger charge is 2.38. The van der Waals surface area contributed by atoms with Crippen molar-refractivity contribution in [2.75, 3.05) is 5.32 Å². The average Bonchev–Trinajstić information content (AvgIpc) is 3.28. The van der Waals surface area contributed by atoms with E-state index in [1.165, 1.54) is 12.1 Å². The molecule has 0 unspecified atom stereocenters. The highest BCUT2D eigenvalue weighted by atomic mass is 19.1. The van der Waals surface area contributed by atoms with Gasteiger partial charge in [-0.05, 0) is 61.9 Å². The van der Waals surface area contributed by atoms with E-state index in [4.69, 9.17) is 9.15 Å². The van der Waals surface area contributed by atoms with E-state index in [2.05, 4.69) is 5.32 Å². The van der Waals surface area contributed by atoms with Crippen molar-refractivity contribution in [3.63, 3.8) is 0 Å². The van der Waals surface area contributed by atoms with E-state index in [-0.39, 0.29) is 5.91 Å². The molecule has 0 atom stereocenters. The third kappa shape index (κ3) is 2.39. The Morgan fingerprint density at radius 1 is 1.07 bits per heavy atom. The van der Waals surface area contributed by atoms with Crippen molar-refractivity contribution >= 4 is 33.7 Å². The molecular weight excluding hydrogens is 345 g/mol. The Balaban J connectivity index is 1.67. The number of anilines is 1. The number of furan rings is 1. The zero-order valence-electron chi connectivity index (χ0n) is 14.8. The van der Waals surface area contributed by atoms with Gasteiger partial charge >= 0.3 is 0 Å². The highest BCUT2D eigenvalue weighted by Crippen LogP contribution is 2.44. The molecule has 0 radical (unpaired) electrons. The number of nitrogens with one attached hydrogen (secondary N) is 1. The average molecular weight is 361 g/mol. The maximum absolute atomic E-state index is 13.5. The number of rotatable bonds is 1. The maximum atomic E-state index is 13.5. The van der Waals surface area contributed by atoms with Crippen molar-refractivity contribution in [1.82, 2.24) is 0 Å². The molecule has 2 aliphatic heterocycles. The SMILES string of the molecule is CC1(C)OC(=C2C(=O)Nc3cc(F)ccc32)C=C1c1ccc2occc2c1. The fourth-order valence-electron chi connectivity index (χ4n) is 3.74. The molecule has 27 heavy (non-hydrogen) atoms. The molecule has 0 spiro atoms. The van der Waals surface area contributed by atoms with Crippen LogP contribution in [0.4, 0.5) is 10.1 Å². The van der Waals surface area contributed by atoms with Gasteiger partial charge in [-0.1, -0.05) is 6.07 Å². The number of fused-ring (bicyclic) bond motifs is 2. The molecule has 2 aliphatic rings. The van der Waals surface area contributed by atoms with Crippen LogP contribution in [0.5, 0.6) is 0 Å². The van der Waals surface area contributed by atoms with Gasteiger partial charge < -0.3 is 14.5 Å². The molecule has 0 saturated carbocycles. The molecule has 1 amide bonds. The van der Waals surface area contributed by atoms with Crippen molar-refractivity contribution < 1.29 is 18.3 Å². The van der Waals surface area contributed by atoms with Crippen LogP contribution in [0.2, 0.25) is 0 Å². The first-order valence-electron chi connectivity index (χ1n) is 8.67. The van der Waals surface area contributed by atoms with Gasteiger partial charge in [0.2, 0.25) is 0 Å². The molecule has 5 rings (SSSR count). The summed E-state index contributed by atoms with van der Waals surface area (Å²) in [6.45, 7) is 3.93. The molecule has 0 fully saturated rings. The summed E-state index contributed by atoms with van der Waals surface area (Å²) < 4.78 is 25.1. The lowest BCUT2D eigenvalue weighted by molar-refractivity contribution is -0.111. The minimum atomic E-state index is -0.608. The van der Waals surface area contributed by atoms with Gasteiger partial charge in [0, 0.05) is 16.5 Å². The largest absolute Gasteiger partial charge is 0.482 e. The minimum absolute atomic E-state index is 0.288. The Morgan fingerprint density at radius 3 is 2.78 bits per heavy atom. The first kappa shape index (κ1) is 15.9. The topological polar surface area (TPSA) is 51.5 Å². The van der Waals surface area contributed by atoms with Crippen LogP contribution in [-0.2, 0) is 9.53 Å². The number of amides is 1. The van der Waals surface area contributed by atoms with E-state index in [1.807, 2.05) is 44.2 Å². The number of hydrogen-bond donors (Lipinski definition) is 1. The Kier molecular flexibility index (Phi) is 3.13. The zero-order chi connectivity index (χ0) is 18.8.